The minimum Gasteiger partial charge on any atom is -0.496 e. The van der Waals surface area contributed by atoms with Crippen molar-refractivity contribution in [3.05, 3.63) is 65.9 Å². The molecule has 0 saturated carbocycles. The number of furan rings is 1. The van der Waals surface area contributed by atoms with Crippen LogP contribution in [0, 0.1) is 11.3 Å². The number of hydrogen-bond donors (Lipinski definition) is 1. The lowest BCUT2D eigenvalue weighted by atomic mass is 10.0. The lowest BCUT2D eigenvalue weighted by Gasteiger charge is -2.14. The summed E-state index contributed by atoms with van der Waals surface area (Å²) in [6, 6.07) is 16.8. The van der Waals surface area contributed by atoms with Gasteiger partial charge in [-0.1, -0.05) is 6.07 Å². The minimum atomic E-state index is -0.113. The number of hydrogen-bond acceptors (Lipinski definition) is 7. The quantitative estimate of drug-likeness (QED) is 0.432. The largest absolute Gasteiger partial charge is 0.496 e. The first-order valence-electron chi connectivity index (χ1n) is 11.7. The van der Waals surface area contributed by atoms with Crippen molar-refractivity contribution in [1.29, 1.82) is 5.26 Å². The molecule has 0 unspecified atom stereocenters. The van der Waals surface area contributed by atoms with E-state index in [0.29, 0.717) is 45.0 Å². The van der Waals surface area contributed by atoms with Crippen LogP contribution in [0.2, 0.25) is 0 Å². The number of amides is 1. The molecule has 1 aliphatic rings. The second-order valence-corrected chi connectivity index (χ2v) is 8.85. The van der Waals surface area contributed by atoms with Crippen molar-refractivity contribution in [1.82, 2.24) is 15.2 Å². The smallest absolute Gasteiger partial charge is 0.253 e. The second-order valence-electron chi connectivity index (χ2n) is 8.85. The van der Waals surface area contributed by atoms with Crippen LogP contribution in [-0.2, 0) is 0 Å². The SMILES string of the molecule is COc1cc(C(=O)N(C)C)ccc1-c1cc2nccc(-c3ccc(O[C@@H]4CCNC4)c(C#N)c3)c2o1. The van der Waals surface area contributed by atoms with Crippen LogP contribution in [0.25, 0.3) is 33.6 Å². The molecule has 2 aromatic carbocycles. The number of nitrogens with one attached hydrogen (secondary N) is 1. The third-order valence-electron chi connectivity index (χ3n) is 6.25. The van der Waals surface area contributed by atoms with Crippen molar-refractivity contribution >= 4 is 17.0 Å². The molecule has 8 heteroatoms. The molecule has 0 aliphatic carbocycles. The summed E-state index contributed by atoms with van der Waals surface area (Å²) in [4.78, 5) is 18.4. The summed E-state index contributed by atoms with van der Waals surface area (Å²) in [5.74, 6) is 1.56. The molecule has 3 heterocycles. The van der Waals surface area contributed by atoms with Crippen LogP contribution in [0.1, 0.15) is 22.3 Å². The van der Waals surface area contributed by atoms with Crippen molar-refractivity contribution in [2.24, 2.45) is 0 Å². The maximum atomic E-state index is 12.4. The Labute approximate surface area is 209 Å². The van der Waals surface area contributed by atoms with E-state index in [1.807, 2.05) is 36.4 Å². The molecule has 1 amide bonds. The average molecular weight is 483 g/mol. The summed E-state index contributed by atoms with van der Waals surface area (Å²) in [7, 11) is 4.97. The molecule has 0 bridgehead atoms. The molecule has 0 spiro atoms. The molecule has 1 saturated heterocycles. The number of benzene rings is 2. The van der Waals surface area contributed by atoms with Gasteiger partial charge in [0, 0.05) is 44.0 Å². The maximum absolute atomic E-state index is 12.4. The van der Waals surface area contributed by atoms with Crippen LogP contribution in [0.15, 0.2) is 59.1 Å². The standard InChI is InChI=1S/C28H26N4O4/c1-32(2)28(33)18-4-6-22(25(13-18)34-3)26-14-23-27(36-26)21(9-11-31-23)17-5-7-24(19(12-17)15-29)35-20-8-10-30-16-20/h4-7,9,11-14,20,30H,8,10,16H2,1-3H3/t20-/m1/s1. The van der Waals surface area contributed by atoms with Gasteiger partial charge in [-0.3, -0.25) is 9.78 Å². The molecule has 182 valence electrons. The van der Waals surface area contributed by atoms with Gasteiger partial charge in [0.15, 0.2) is 5.58 Å². The number of carbonyl (C=O) groups is 1. The highest BCUT2D eigenvalue weighted by Gasteiger charge is 2.20. The molecule has 2 aromatic heterocycles. The zero-order chi connectivity index (χ0) is 25.2. The van der Waals surface area contributed by atoms with Gasteiger partial charge in [0.1, 0.15) is 34.9 Å². The fourth-order valence-electron chi connectivity index (χ4n) is 4.38. The first-order chi connectivity index (χ1) is 17.5. The fourth-order valence-corrected chi connectivity index (χ4v) is 4.38. The molecular formula is C28H26N4O4. The predicted molar refractivity (Wildman–Crippen MR) is 136 cm³/mol. The molecular weight excluding hydrogens is 456 g/mol. The number of fused-ring (bicyclic) bond motifs is 1. The lowest BCUT2D eigenvalue weighted by molar-refractivity contribution is 0.0827. The average Bonchev–Trinajstić information content (AvgIpc) is 3.57. The first-order valence-corrected chi connectivity index (χ1v) is 11.7. The maximum Gasteiger partial charge on any atom is 0.253 e. The Balaban J connectivity index is 1.53. The molecule has 36 heavy (non-hydrogen) atoms. The Kier molecular flexibility index (Phi) is 6.32. The Hall–Kier alpha value is -4.35. The van der Waals surface area contributed by atoms with E-state index in [1.54, 1.807) is 39.5 Å². The van der Waals surface area contributed by atoms with Gasteiger partial charge in [-0.15, -0.1) is 0 Å². The zero-order valence-electron chi connectivity index (χ0n) is 20.4. The highest BCUT2D eigenvalue weighted by atomic mass is 16.5. The van der Waals surface area contributed by atoms with E-state index in [4.69, 9.17) is 13.9 Å². The number of nitriles is 1. The van der Waals surface area contributed by atoms with Crippen LogP contribution in [0.4, 0.5) is 0 Å². The summed E-state index contributed by atoms with van der Waals surface area (Å²) in [6.45, 7) is 1.69. The van der Waals surface area contributed by atoms with E-state index in [9.17, 15) is 10.1 Å². The van der Waals surface area contributed by atoms with E-state index < -0.39 is 0 Å². The van der Waals surface area contributed by atoms with Crippen molar-refractivity contribution in [2.45, 2.75) is 12.5 Å². The highest BCUT2D eigenvalue weighted by molar-refractivity contribution is 5.96. The van der Waals surface area contributed by atoms with Crippen LogP contribution < -0.4 is 14.8 Å². The van der Waals surface area contributed by atoms with Gasteiger partial charge in [0.05, 0.1) is 18.2 Å². The third kappa shape index (κ3) is 4.37. The van der Waals surface area contributed by atoms with Crippen molar-refractivity contribution in [3.63, 3.8) is 0 Å². The molecule has 1 N–H and O–H groups in total. The Morgan fingerprint density at radius 1 is 1.14 bits per heavy atom. The Morgan fingerprint density at radius 3 is 2.72 bits per heavy atom. The molecule has 1 fully saturated rings. The summed E-state index contributed by atoms with van der Waals surface area (Å²) in [5.41, 5.74) is 4.62. The van der Waals surface area contributed by atoms with Crippen molar-refractivity contribution in [3.8, 4) is 40.0 Å². The molecule has 4 aromatic rings. The third-order valence-corrected chi connectivity index (χ3v) is 6.25. The topological polar surface area (TPSA) is 101 Å². The number of pyridine rings is 1. The molecule has 1 atom stereocenters. The number of ether oxygens (including phenoxy) is 2. The van der Waals surface area contributed by atoms with Gasteiger partial charge >= 0.3 is 0 Å². The van der Waals surface area contributed by atoms with Gasteiger partial charge in [-0.05, 0) is 54.9 Å². The van der Waals surface area contributed by atoms with Gasteiger partial charge in [0.25, 0.3) is 5.91 Å². The summed E-state index contributed by atoms with van der Waals surface area (Å²) in [6.07, 6.45) is 2.70. The van der Waals surface area contributed by atoms with Crippen LogP contribution in [-0.4, -0.2) is 56.2 Å². The minimum absolute atomic E-state index is 0.0672. The summed E-state index contributed by atoms with van der Waals surface area (Å²) in [5, 5.41) is 13.0. The van der Waals surface area contributed by atoms with E-state index >= 15 is 0 Å². The molecule has 1 aliphatic heterocycles. The molecule has 8 nitrogen and oxygen atoms in total. The Morgan fingerprint density at radius 2 is 2.00 bits per heavy atom. The van der Waals surface area contributed by atoms with Gasteiger partial charge in [0.2, 0.25) is 0 Å². The van der Waals surface area contributed by atoms with Gasteiger partial charge in [-0.25, -0.2) is 0 Å². The van der Waals surface area contributed by atoms with E-state index in [-0.39, 0.29) is 12.0 Å². The number of aromatic nitrogens is 1. The normalized spacial score (nSPS) is 15.0. The van der Waals surface area contributed by atoms with Crippen LogP contribution in [0.5, 0.6) is 11.5 Å². The fraction of sp³-hybridized carbons (Fsp3) is 0.250. The highest BCUT2D eigenvalue weighted by Crippen LogP contribution is 2.38. The zero-order valence-corrected chi connectivity index (χ0v) is 20.4. The van der Waals surface area contributed by atoms with Crippen LogP contribution >= 0.6 is 0 Å². The van der Waals surface area contributed by atoms with Gasteiger partial charge < -0.3 is 24.1 Å². The number of nitrogens with zero attached hydrogens (tertiary/aromatic N) is 3. The molecule has 5 rings (SSSR count). The number of rotatable bonds is 6. The number of carbonyl (C=O) groups excluding carboxylic acids is 1. The predicted octanol–water partition coefficient (Wildman–Crippen LogP) is 4.48. The summed E-state index contributed by atoms with van der Waals surface area (Å²) < 4.78 is 17.9. The molecule has 0 radical (unpaired) electrons. The number of methoxy groups -OCH3 is 1. The van der Waals surface area contributed by atoms with Gasteiger partial charge in [-0.2, -0.15) is 5.26 Å². The lowest BCUT2D eigenvalue weighted by Crippen LogP contribution is -2.21. The van der Waals surface area contributed by atoms with E-state index in [0.717, 1.165) is 30.6 Å². The second kappa shape index (κ2) is 9.72. The van der Waals surface area contributed by atoms with Crippen molar-refractivity contribution < 1.29 is 18.7 Å². The van der Waals surface area contributed by atoms with E-state index in [2.05, 4.69) is 16.4 Å². The van der Waals surface area contributed by atoms with Crippen LogP contribution in [0.3, 0.4) is 0 Å². The first kappa shape index (κ1) is 23.4. The van der Waals surface area contributed by atoms with E-state index in [1.165, 1.54) is 4.90 Å². The summed E-state index contributed by atoms with van der Waals surface area (Å²) >= 11 is 0. The monoisotopic (exact) mass is 482 g/mol. The Bertz CT molecular complexity index is 1480. The van der Waals surface area contributed by atoms with Crippen molar-refractivity contribution in [2.75, 3.05) is 34.3 Å².